The first-order valence-corrected chi connectivity index (χ1v) is 21.1. The molecule has 54 heavy (non-hydrogen) atoms. The topological polar surface area (TPSA) is 120 Å². The summed E-state index contributed by atoms with van der Waals surface area (Å²) in [6, 6.07) is 48.3. The van der Waals surface area contributed by atoms with Gasteiger partial charge < -0.3 is 41.4 Å². The summed E-state index contributed by atoms with van der Waals surface area (Å²) < 4.78 is 72.7. The Bertz CT molecular complexity index is 2210. The van der Waals surface area contributed by atoms with Crippen LogP contribution in [0.3, 0.4) is 0 Å². The largest absolute Gasteiger partial charge is 0.497 e. The molecule has 0 N–H and O–H groups in total. The lowest BCUT2D eigenvalue weighted by Crippen LogP contribution is -2.11. The maximum atomic E-state index is 6.83. The van der Waals surface area contributed by atoms with E-state index < -0.39 is 23.0 Å². The summed E-state index contributed by atoms with van der Waals surface area (Å²) >= 11 is 0. The summed E-state index contributed by atoms with van der Waals surface area (Å²) in [5.41, 5.74) is 0. The predicted molar refractivity (Wildman–Crippen MR) is 210 cm³/mol. The number of rotatable bonds is 15. The molecule has 0 aliphatic carbocycles. The lowest BCUT2D eigenvalue weighted by Gasteiger charge is -2.33. The average Bonchev–Trinajstić information content (AvgIpc) is 3.19. The standard InChI is InChI=1S/C39H36N3O9P3/c1-43-31-19-25-37(26-20-31)49-53(48-36-17-11-6-12-18-36)40-52(46-34-13-7-4-8-14-34,47-35-15-9-5-10-16-35)41-54(42-53,50-38-27-21-32(44-2)22-28-38)51-39-29-23-33(45-3)24-30-39/h4-30H,1-3H3. The molecule has 1 atom stereocenters. The van der Waals surface area contributed by atoms with Crippen molar-refractivity contribution in [2.45, 2.75) is 0 Å². The van der Waals surface area contributed by atoms with Crippen LogP contribution in [-0.2, 0) is 0 Å². The second-order valence-electron chi connectivity index (χ2n) is 11.3. The molecule has 1 unspecified atom stereocenters. The number of benzene rings is 6. The highest BCUT2D eigenvalue weighted by atomic mass is 31.3. The summed E-state index contributed by atoms with van der Waals surface area (Å²) in [6.07, 6.45) is 0. The zero-order valence-electron chi connectivity index (χ0n) is 29.4. The Balaban J connectivity index is 1.54. The fourth-order valence-corrected chi connectivity index (χ4v) is 14.0. The van der Waals surface area contributed by atoms with Crippen LogP contribution in [0, 0.1) is 0 Å². The summed E-state index contributed by atoms with van der Waals surface area (Å²) in [7, 11) is -7.29. The van der Waals surface area contributed by atoms with Gasteiger partial charge in [-0.2, -0.15) is 0 Å². The molecule has 0 spiro atoms. The van der Waals surface area contributed by atoms with Crippen LogP contribution in [0.15, 0.2) is 177 Å². The minimum Gasteiger partial charge on any atom is -0.497 e. The maximum Gasteiger partial charge on any atom is 0.460 e. The van der Waals surface area contributed by atoms with E-state index in [1.54, 1.807) is 131 Å². The molecule has 1 aliphatic rings. The van der Waals surface area contributed by atoms with Crippen molar-refractivity contribution in [1.82, 2.24) is 0 Å². The lowest BCUT2D eigenvalue weighted by molar-refractivity contribution is 0.411. The first kappa shape index (κ1) is 36.6. The third kappa shape index (κ3) is 9.04. The molecule has 0 saturated heterocycles. The highest BCUT2D eigenvalue weighted by molar-refractivity contribution is 7.79. The smallest absolute Gasteiger partial charge is 0.460 e. The quantitative estimate of drug-likeness (QED) is 0.0937. The first-order valence-electron chi connectivity index (χ1n) is 16.6. The zero-order chi connectivity index (χ0) is 37.3. The molecular weight excluding hydrogens is 747 g/mol. The van der Waals surface area contributed by atoms with E-state index in [9.17, 15) is 0 Å². The molecule has 12 nitrogen and oxygen atoms in total. The Kier molecular flexibility index (Phi) is 11.2. The van der Waals surface area contributed by atoms with Crippen molar-refractivity contribution >= 4 is 23.0 Å². The Morgan fingerprint density at radius 2 is 0.444 bits per heavy atom. The van der Waals surface area contributed by atoms with Crippen LogP contribution in [0.5, 0.6) is 51.7 Å². The van der Waals surface area contributed by atoms with Crippen molar-refractivity contribution in [3.05, 3.63) is 164 Å². The summed E-state index contributed by atoms with van der Waals surface area (Å²) in [4.78, 5) is 0. The third-order valence-corrected chi connectivity index (χ3v) is 15.5. The molecule has 276 valence electrons. The van der Waals surface area contributed by atoms with E-state index in [0.29, 0.717) is 51.7 Å². The van der Waals surface area contributed by atoms with Crippen LogP contribution in [0.25, 0.3) is 0 Å². The predicted octanol–water partition coefficient (Wildman–Crippen LogP) is 12.3. The third-order valence-electron chi connectivity index (χ3n) is 7.43. The Morgan fingerprint density at radius 1 is 0.259 bits per heavy atom. The van der Waals surface area contributed by atoms with Gasteiger partial charge in [0.15, 0.2) is 0 Å². The maximum absolute atomic E-state index is 6.83. The lowest BCUT2D eigenvalue weighted by atomic mass is 10.3. The zero-order valence-corrected chi connectivity index (χ0v) is 32.1. The van der Waals surface area contributed by atoms with E-state index in [2.05, 4.69) is 0 Å². The van der Waals surface area contributed by atoms with Crippen LogP contribution in [0.4, 0.5) is 0 Å². The summed E-state index contributed by atoms with van der Waals surface area (Å²) in [5, 5.41) is 0. The minimum atomic E-state index is -4.04. The van der Waals surface area contributed by atoms with Gasteiger partial charge in [0.25, 0.3) is 0 Å². The number of methoxy groups -OCH3 is 3. The van der Waals surface area contributed by atoms with E-state index >= 15 is 0 Å². The molecule has 15 heteroatoms. The summed E-state index contributed by atoms with van der Waals surface area (Å²) in [5.74, 6) is 4.24. The van der Waals surface area contributed by atoms with Crippen molar-refractivity contribution in [2.75, 3.05) is 21.3 Å². The van der Waals surface area contributed by atoms with Crippen molar-refractivity contribution < 1.29 is 41.4 Å². The highest BCUT2D eigenvalue weighted by Gasteiger charge is 2.49. The van der Waals surface area contributed by atoms with Crippen LogP contribution in [0.1, 0.15) is 0 Å². The van der Waals surface area contributed by atoms with Gasteiger partial charge in [0.05, 0.1) is 21.3 Å². The van der Waals surface area contributed by atoms with Gasteiger partial charge in [-0.1, -0.05) is 68.1 Å². The second kappa shape index (κ2) is 16.5. The number of nitrogens with zero attached hydrogens (tertiary/aromatic N) is 3. The van der Waals surface area contributed by atoms with Gasteiger partial charge in [-0.05, 0) is 109 Å². The normalized spacial score (nSPS) is 16.5. The molecule has 0 radical (unpaired) electrons. The molecule has 0 bridgehead atoms. The fraction of sp³-hybridized carbons (Fsp3) is 0.0769. The molecule has 0 amide bonds. The van der Waals surface area contributed by atoms with Gasteiger partial charge in [0.2, 0.25) is 0 Å². The second-order valence-corrected chi connectivity index (χ2v) is 17.4. The van der Waals surface area contributed by atoms with Crippen LogP contribution in [0.2, 0.25) is 0 Å². The molecule has 6 aromatic carbocycles. The molecule has 7 rings (SSSR count). The first-order chi connectivity index (χ1) is 26.4. The van der Waals surface area contributed by atoms with Gasteiger partial charge in [0.1, 0.15) is 51.7 Å². The molecule has 0 fully saturated rings. The molecule has 0 aromatic heterocycles. The number of ether oxygens (including phenoxy) is 3. The van der Waals surface area contributed by atoms with E-state index in [1.165, 1.54) is 0 Å². The van der Waals surface area contributed by atoms with Crippen LogP contribution in [-0.4, -0.2) is 21.3 Å². The molecule has 6 aromatic rings. The SMILES string of the molecule is COc1ccc(OP2(Oc3ccccc3)=NP(Oc3ccccc3)(Oc3ccccc3)=NP(Oc3ccc(OC)cc3)(Oc3ccc(OC)cc3)=N2)cc1. The van der Waals surface area contributed by atoms with Crippen molar-refractivity contribution in [2.24, 2.45) is 13.5 Å². The Hall–Kier alpha value is -5.79. The number of hydrogen-bond donors (Lipinski definition) is 0. The number of para-hydroxylation sites is 3. The number of hydrogen-bond acceptors (Lipinski definition) is 12. The van der Waals surface area contributed by atoms with Gasteiger partial charge in [-0.3, -0.25) is 0 Å². The van der Waals surface area contributed by atoms with Crippen LogP contribution >= 0.6 is 23.0 Å². The highest BCUT2D eigenvalue weighted by Crippen LogP contribution is 2.78. The van der Waals surface area contributed by atoms with E-state index in [0.717, 1.165) is 0 Å². The van der Waals surface area contributed by atoms with Crippen molar-refractivity contribution in [3.8, 4) is 51.7 Å². The van der Waals surface area contributed by atoms with Crippen molar-refractivity contribution in [3.63, 3.8) is 0 Å². The van der Waals surface area contributed by atoms with Gasteiger partial charge >= 0.3 is 23.0 Å². The molecule has 1 heterocycles. The fourth-order valence-electron chi connectivity index (χ4n) is 4.93. The molecule has 0 saturated carbocycles. The van der Waals surface area contributed by atoms with Crippen molar-refractivity contribution in [1.29, 1.82) is 0 Å². The Morgan fingerprint density at radius 3 is 0.648 bits per heavy atom. The van der Waals surface area contributed by atoms with E-state index in [-0.39, 0.29) is 0 Å². The van der Waals surface area contributed by atoms with Crippen LogP contribution < -0.4 is 41.4 Å². The molecular formula is C39H36N3O9P3. The minimum absolute atomic E-state index is 0.367. The molecule has 1 aliphatic heterocycles. The van der Waals surface area contributed by atoms with E-state index in [4.69, 9.17) is 54.9 Å². The Labute approximate surface area is 313 Å². The van der Waals surface area contributed by atoms with Gasteiger partial charge in [0, 0.05) is 0 Å². The summed E-state index contributed by atoms with van der Waals surface area (Å²) in [6.45, 7) is 0. The van der Waals surface area contributed by atoms with Gasteiger partial charge in [-0.15, -0.1) is 0 Å². The monoisotopic (exact) mass is 783 g/mol. The average molecular weight is 784 g/mol. The van der Waals surface area contributed by atoms with E-state index in [1.807, 2.05) is 54.6 Å². The van der Waals surface area contributed by atoms with Gasteiger partial charge in [-0.25, -0.2) is 0 Å².